The average Bonchev–Trinajstić information content (AvgIpc) is 2.84. The Hall–Kier alpha value is -2.52. The number of fused-ring (bicyclic) bond motifs is 1. The Morgan fingerprint density at radius 3 is 2.55 bits per heavy atom. The number of carbonyl (C=O) groups is 1. The molecule has 10 heteroatoms. The predicted octanol–water partition coefficient (Wildman–Crippen LogP) is 1.91. The predicted molar refractivity (Wildman–Crippen MR) is 60.1 cm³/mol. The molecule has 1 atom stereocenters. The molecule has 1 aliphatic rings. The number of amides is 1. The van der Waals surface area contributed by atoms with Crippen molar-refractivity contribution in [3.63, 3.8) is 0 Å². The van der Waals surface area contributed by atoms with Gasteiger partial charge in [-0.2, -0.15) is 23.7 Å². The largest absolute Gasteiger partial charge is 0.417 e. The van der Waals surface area contributed by atoms with Gasteiger partial charge in [0.25, 0.3) is 0 Å². The zero-order valence-electron chi connectivity index (χ0n) is 9.36. The van der Waals surface area contributed by atoms with Crippen molar-refractivity contribution in [3.05, 3.63) is 16.8 Å². The lowest BCUT2D eigenvalue weighted by molar-refractivity contribution is -0.105. The molecular formula is C10H3ClF3N5O. The van der Waals surface area contributed by atoms with E-state index in [0.717, 1.165) is 0 Å². The molecule has 102 valence electrons. The third-order valence-electron chi connectivity index (χ3n) is 2.63. The molecule has 1 amide bonds. The lowest BCUT2D eigenvalue weighted by atomic mass is 9.97. The summed E-state index contributed by atoms with van der Waals surface area (Å²) < 4.78 is 39.3. The van der Waals surface area contributed by atoms with Gasteiger partial charge in [-0.1, -0.05) is 11.6 Å². The molecule has 1 aliphatic heterocycles. The maximum atomic E-state index is 12.9. The van der Waals surface area contributed by atoms with Gasteiger partial charge in [0.15, 0.2) is 5.82 Å². The third-order valence-corrected chi connectivity index (χ3v) is 3.00. The number of allylic oxidation sites excluding steroid dienone is 1. The molecule has 6 nitrogen and oxygen atoms in total. The van der Waals surface area contributed by atoms with E-state index in [4.69, 9.17) is 22.1 Å². The summed E-state index contributed by atoms with van der Waals surface area (Å²) >= 11 is 5.59. The number of alkyl halides is 3. The molecule has 0 aliphatic carbocycles. The fourth-order valence-corrected chi connectivity index (χ4v) is 2.24. The van der Waals surface area contributed by atoms with Gasteiger partial charge in [-0.05, 0) is 0 Å². The molecule has 0 spiro atoms. The molecule has 0 bridgehead atoms. The van der Waals surface area contributed by atoms with Crippen molar-refractivity contribution in [2.75, 3.05) is 5.32 Å². The highest BCUT2D eigenvalue weighted by atomic mass is 35.5. The van der Waals surface area contributed by atoms with E-state index in [1.54, 1.807) is 6.07 Å². The highest BCUT2D eigenvalue weighted by Crippen LogP contribution is 2.48. The van der Waals surface area contributed by atoms with E-state index in [1.807, 2.05) is 0 Å². The van der Waals surface area contributed by atoms with Crippen molar-refractivity contribution in [1.82, 2.24) is 9.78 Å². The van der Waals surface area contributed by atoms with E-state index < -0.39 is 22.8 Å². The second-order valence-corrected chi connectivity index (χ2v) is 4.02. The van der Waals surface area contributed by atoms with Crippen molar-refractivity contribution in [3.8, 4) is 12.1 Å². The van der Waals surface area contributed by atoms with E-state index in [1.165, 1.54) is 6.07 Å². The summed E-state index contributed by atoms with van der Waals surface area (Å²) in [6, 6.07) is 3.06. The Labute approximate surface area is 114 Å². The highest BCUT2D eigenvalue weighted by molar-refractivity contribution is 6.46. The first-order valence-electron chi connectivity index (χ1n) is 4.96. The molecule has 20 heavy (non-hydrogen) atoms. The lowest BCUT2D eigenvalue weighted by Gasteiger charge is -2.11. The van der Waals surface area contributed by atoms with Crippen molar-refractivity contribution < 1.29 is 18.0 Å². The van der Waals surface area contributed by atoms with Gasteiger partial charge in [0.05, 0.1) is 17.3 Å². The SMILES string of the molecule is N#Cc1c(NC=O)nn2c1C(C#N)C(C(F)(F)F)=C2Cl. The Kier molecular flexibility index (Phi) is 3.16. The fraction of sp³-hybridized carbons (Fsp3) is 0.200. The van der Waals surface area contributed by atoms with Crippen molar-refractivity contribution in [2.24, 2.45) is 0 Å². The number of anilines is 1. The number of carbonyl (C=O) groups excluding carboxylic acids is 1. The first-order valence-corrected chi connectivity index (χ1v) is 5.34. The molecule has 0 radical (unpaired) electrons. The van der Waals surface area contributed by atoms with Crippen LogP contribution in [0.5, 0.6) is 0 Å². The van der Waals surface area contributed by atoms with E-state index in [-0.39, 0.29) is 23.5 Å². The Bertz CT molecular complexity index is 706. The molecule has 1 N–H and O–H groups in total. The van der Waals surface area contributed by atoms with Crippen LogP contribution in [0.15, 0.2) is 5.57 Å². The lowest BCUT2D eigenvalue weighted by Crippen LogP contribution is -2.16. The van der Waals surface area contributed by atoms with Gasteiger partial charge >= 0.3 is 6.18 Å². The van der Waals surface area contributed by atoms with Crippen LogP contribution >= 0.6 is 11.6 Å². The molecule has 1 aromatic rings. The Morgan fingerprint density at radius 2 is 2.10 bits per heavy atom. The molecule has 2 heterocycles. The van der Waals surface area contributed by atoms with Crippen LogP contribution in [-0.2, 0) is 4.79 Å². The van der Waals surface area contributed by atoms with Crippen molar-refractivity contribution in [1.29, 1.82) is 10.5 Å². The summed E-state index contributed by atoms with van der Waals surface area (Å²) in [5.74, 6) is -2.02. The summed E-state index contributed by atoms with van der Waals surface area (Å²) in [7, 11) is 0. The van der Waals surface area contributed by atoms with Crippen LogP contribution in [0, 0.1) is 22.7 Å². The second kappa shape index (κ2) is 4.54. The minimum atomic E-state index is -4.83. The normalized spacial score (nSPS) is 17.4. The third kappa shape index (κ3) is 1.80. The summed E-state index contributed by atoms with van der Waals surface area (Å²) in [5.41, 5.74) is -1.92. The molecule has 0 saturated carbocycles. The maximum absolute atomic E-state index is 12.9. The highest BCUT2D eigenvalue weighted by Gasteiger charge is 2.49. The zero-order chi connectivity index (χ0) is 15.1. The van der Waals surface area contributed by atoms with Crippen LogP contribution < -0.4 is 5.32 Å². The quantitative estimate of drug-likeness (QED) is 0.844. The number of nitriles is 2. The van der Waals surface area contributed by atoms with E-state index in [2.05, 4.69) is 10.4 Å². The van der Waals surface area contributed by atoms with Crippen LogP contribution in [0.3, 0.4) is 0 Å². The molecule has 0 fully saturated rings. The summed E-state index contributed by atoms with van der Waals surface area (Å²) in [6.45, 7) is 0. The number of aromatic nitrogens is 2. The van der Waals surface area contributed by atoms with Gasteiger partial charge in [0, 0.05) is 0 Å². The van der Waals surface area contributed by atoms with Gasteiger partial charge < -0.3 is 5.32 Å². The van der Waals surface area contributed by atoms with Crippen molar-refractivity contribution in [2.45, 2.75) is 12.1 Å². The zero-order valence-corrected chi connectivity index (χ0v) is 10.1. The number of hydrogen-bond acceptors (Lipinski definition) is 4. The van der Waals surface area contributed by atoms with Gasteiger partial charge in [-0.3, -0.25) is 4.79 Å². The number of hydrogen-bond donors (Lipinski definition) is 1. The first-order chi connectivity index (χ1) is 9.36. The minimum Gasteiger partial charge on any atom is -0.311 e. The van der Waals surface area contributed by atoms with E-state index in [9.17, 15) is 18.0 Å². The Balaban J connectivity index is 2.73. The molecule has 0 aromatic carbocycles. The first kappa shape index (κ1) is 13.9. The molecule has 1 aromatic heterocycles. The number of nitrogens with zero attached hydrogens (tertiary/aromatic N) is 4. The van der Waals surface area contributed by atoms with E-state index >= 15 is 0 Å². The monoisotopic (exact) mass is 301 g/mol. The summed E-state index contributed by atoms with van der Waals surface area (Å²) in [6.07, 6.45) is -4.62. The number of halogens is 4. The number of rotatable bonds is 2. The number of nitrogens with one attached hydrogen (secondary N) is 1. The van der Waals surface area contributed by atoms with Crippen LogP contribution in [0.2, 0.25) is 0 Å². The second-order valence-electron chi connectivity index (χ2n) is 3.66. The van der Waals surface area contributed by atoms with Gasteiger partial charge in [-0.15, -0.1) is 5.10 Å². The van der Waals surface area contributed by atoms with Crippen LogP contribution in [-0.4, -0.2) is 22.4 Å². The standard InChI is InChI=1S/C10H3ClF3N5O/c11-8-6(10(12,13)14)4(1-15)7-5(2-16)9(17-3-20)18-19(7)8/h3-4H,(H,17,18,20). The van der Waals surface area contributed by atoms with E-state index in [0.29, 0.717) is 4.68 Å². The molecule has 1 unspecified atom stereocenters. The Morgan fingerprint density at radius 1 is 1.45 bits per heavy atom. The average molecular weight is 302 g/mol. The molecule has 2 rings (SSSR count). The summed E-state index contributed by atoms with van der Waals surface area (Å²) in [5, 5.41) is 22.8. The maximum Gasteiger partial charge on any atom is 0.417 e. The minimum absolute atomic E-state index is 0.211. The van der Waals surface area contributed by atoms with Gasteiger partial charge in [0.1, 0.15) is 22.7 Å². The van der Waals surface area contributed by atoms with Crippen LogP contribution in [0.4, 0.5) is 19.0 Å². The fourth-order valence-electron chi connectivity index (χ4n) is 1.89. The van der Waals surface area contributed by atoms with Crippen LogP contribution in [0.25, 0.3) is 5.16 Å². The molecule has 0 saturated heterocycles. The summed E-state index contributed by atoms with van der Waals surface area (Å²) in [4.78, 5) is 10.4. The molecular weight excluding hydrogens is 299 g/mol. The smallest absolute Gasteiger partial charge is 0.311 e. The van der Waals surface area contributed by atoms with Gasteiger partial charge in [-0.25, -0.2) is 4.68 Å². The van der Waals surface area contributed by atoms with Crippen LogP contribution in [0.1, 0.15) is 17.2 Å². The van der Waals surface area contributed by atoms with Crippen molar-refractivity contribution >= 4 is 29.0 Å². The van der Waals surface area contributed by atoms with Gasteiger partial charge in [0.2, 0.25) is 6.41 Å². The topological polar surface area (TPSA) is 94.5 Å².